The zero-order valence-electron chi connectivity index (χ0n) is 12.2. The molecule has 0 aliphatic carbocycles. The van der Waals surface area contributed by atoms with Gasteiger partial charge in [0.1, 0.15) is 0 Å². The summed E-state index contributed by atoms with van der Waals surface area (Å²) in [5.41, 5.74) is 3.70. The second-order valence-corrected chi connectivity index (χ2v) is 5.56. The molecule has 0 spiro atoms. The zero-order valence-corrected chi connectivity index (χ0v) is 12.2. The highest BCUT2D eigenvalue weighted by molar-refractivity contribution is 5.59. The number of hydrogen-bond acceptors (Lipinski definition) is 3. The Morgan fingerprint density at radius 2 is 2.05 bits per heavy atom. The Bertz CT molecular complexity index is 569. The van der Waals surface area contributed by atoms with Crippen LogP contribution in [0.2, 0.25) is 0 Å². The number of aryl methyl sites for hydroxylation is 1. The van der Waals surface area contributed by atoms with Crippen molar-refractivity contribution < 1.29 is 0 Å². The van der Waals surface area contributed by atoms with Crippen LogP contribution in [0, 0.1) is 0 Å². The van der Waals surface area contributed by atoms with Gasteiger partial charge in [0.2, 0.25) is 0 Å². The lowest BCUT2D eigenvalue weighted by molar-refractivity contribution is 0.765. The van der Waals surface area contributed by atoms with Gasteiger partial charge in [0, 0.05) is 43.3 Å². The maximum atomic E-state index is 4.23. The molecule has 4 nitrogen and oxygen atoms in total. The van der Waals surface area contributed by atoms with Crippen LogP contribution in [-0.4, -0.2) is 22.9 Å². The van der Waals surface area contributed by atoms with Gasteiger partial charge < -0.3 is 10.2 Å². The van der Waals surface area contributed by atoms with E-state index < -0.39 is 0 Å². The van der Waals surface area contributed by atoms with Crippen molar-refractivity contribution in [2.24, 2.45) is 7.05 Å². The van der Waals surface area contributed by atoms with Gasteiger partial charge in [-0.2, -0.15) is 5.10 Å². The third-order valence-electron chi connectivity index (χ3n) is 3.93. The average Bonchev–Trinajstić information content (AvgIpc) is 3.10. The van der Waals surface area contributed by atoms with E-state index in [1.54, 1.807) is 0 Å². The van der Waals surface area contributed by atoms with E-state index in [-0.39, 0.29) is 6.04 Å². The van der Waals surface area contributed by atoms with Crippen LogP contribution in [0.5, 0.6) is 0 Å². The van der Waals surface area contributed by atoms with Crippen LogP contribution in [0.4, 0.5) is 11.4 Å². The first-order valence-electron chi connectivity index (χ1n) is 7.32. The molecule has 1 N–H and O–H groups in total. The number of nitrogens with one attached hydrogen (secondary N) is 1. The lowest BCUT2D eigenvalue weighted by Crippen LogP contribution is -2.17. The van der Waals surface area contributed by atoms with Crippen LogP contribution in [-0.2, 0) is 7.05 Å². The van der Waals surface area contributed by atoms with Crippen LogP contribution >= 0.6 is 0 Å². The monoisotopic (exact) mass is 270 g/mol. The maximum absolute atomic E-state index is 4.23. The fourth-order valence-electron chi connectivity index (χ4n) is 2.76. The Morgan fingerprint density at radius 3 is 2.75 bits per heavy atom. The molecule has 106 valence electrons. The Hall–Kier alpha value is -1.97. The van der Waals surface area contributed by atoms with Crippen molar-refractivity contribution in [3.8, 4) is 0 Å². The van der Waals surface area contributed by atoms with Gasteiger partial charge in [0.25, 0.3) is 0 Å². The van der Waals surface area contributed by atoms with Crippen molar-refractivity contribution in [3.05, 3.63) is 42.2 Å². The first-order chi connectivity index (χ1) is 9.72. The molecule has 1 aromatic carbocycles. The number of hydrogen-bond donors (Lipinski definition) is 1. The van der Waals surface area contributed by atoms with Crippen LogP contribution < -0.4 is 10.2 Å². The summed E-state index contributed by atoms with van der Waals surface area (Å²) >= 11 is 0. The minimum atomic E-state index is 0.262. The smallest absolute Gasteiger partial charge is 0.0542 e. The first-order valence-corrected chi connectivity index (χ1v) is 7.32. The van der Waals surface area contributed by atoms with Gasteiger partial charge >= 0.3 is 0 Å². The van der Waals surface area contributed by atoms with E-state index in [0.29, 0.717) is 0 Å². The highest BCUT2D eigenvalue weighted by atomic mass is 15.2. The minimum Gasteiger partial charge on any atom is -0.378 e. The Balaban J connectivity index is 1.72. The molecule has 1 aromatic heterocycles. The molecule has 0 radical (unpaired) electrons. The normalized spacial score (nSPS) is 16.4. The Labute approximate surface area is 120 Å². The van der Waals surface area contributed by atoms with Gasteiger partial charge in [-0.3, -0.25) is 4.68 Å². The Kier molecular flexibility index (Phi) is 3.63. The third-order valence-corrected chi connectivity index (χ3v) is 3.93. The summed E-state index contributed by atoms with van der Waals surface area (Å²) in [6, 6.07) is 8.97. The van der Waals surface area contributed by atoms with E-state index in [2.05, 4.69) is 52.7 Å². The third kappa shape index (κ3) is 2.79. The van der Waals surface area contributed by atoms with Crippen LogP contribution in [0.3, 0.4) is 0 Å². The van der Waals surface area contributed by atoms with Crippen molar-refractivity contribution >= 4 is 11.4 Å². The van der Waals surface area contributed by atoms with E-state index in [0.717, 1.165) is 0 Å². The molecule has 0 bridgehead atoms. The summed E-state index contributed by atoms with van der Waals surface area (Å²) in [7, 11) is 1.95. The van der Waals surface area contributed by atoms with E-state index in [1.165, 1.54) is 42.9 Å². The molecule has 1 fully saturated rings. The average molecular weight is 270 g/mol. The summed E-state index contributed by atoms with van der Waals surface area (Å²) in [5.74, 6) is 0. The standard InChI is InChI=1S/C16H22N4/c1-13(14-11-17-19(2)12-14)18-15-6-5-7-16(10-15)20-8-3-4-9-20/h5-7,10-13,18H,3-4,8-9H2,1-2H3. The van der Waals surface area contributed by atoms with Gasteiger partial charge in [-0.05, 0) is 38.0 Å². The lowest BCUT2D eigenvalue weighted by Gasteiger charge is -2.20. The van der Waals surface area contributed by atoms with Crippen molar-refractivity contribution in [2.45, 2.75) is 25.8 Å². The van der Waals surface area contributed by atoms with Gasteiger partial charge in [0.05, 0.1) is 12.2 Å². The summed E-state index contributed by atoms with van der Waals surface area (Å²) in [5, 5.41) is 7.78. The predicted molar refractivity (Wildman–Crippen MR) is 83.1 cm³/mol. The molecule has 1 atom stereocenters. The van der Waals surface area contributed by atoms with Crippen molar-refractivity contribution in [3.63, 3.8) is 0 Å². The van der Waals surface area contributed by atoms with Gasteiger partial charge in [-0.15, -0.1) is 0 Å². The summed E-state index contributed by atoms with van der Waals surface area (Å²) in [6.07, 6.45) is 6.59. The van der Waals surface area contributed by atoms with Gasteiger partial charge in [0.15, 0.2) is 0 Å². The molecule has 1 aliphatic rings. The molecule has 1 unspecified atom stereocenters. The second kappa shape index (κ2) is 5.57. The predicted octanol–water partition coefficient (Wildman–Crippen LogP) is 3.19. The molecule has 0 amide bonds. The second-order valence-electron chi connectivity index (χ2n) is 5.56. The summed E-state index contributed by atoms with van der Waals surface area (Å²) in [4.78, 5) is 2.46. The molecule has 3 rings (SSSR count). The van der Waals surface area contributed by atoms with Gasteiger partial charge in [-0.25, -0.2) is 0 Å². The fourth-order valence-corrected chi connectivity index (χ4v) is 2.76. The van der Waals surface area contributed by atoms with Crippen molar-refractivity contribution in [1.29, 1.82) is 0 Å². The van der Waals surface area contributed by atoms with E-state index in [4.69, 9.17) is 0 Å². The molecule has 0 saturated carbocycles. The van der Waals surface area contributed by atoms with Gasteiger partial charge in [-0.1, -0.05) is 6.07 Å². The van der Waals surface area contributed by atoms with E-state index >= 15 is 0 Å². The largest absolute Gasteiger partial charge is 0.378 e. The molecule has 2 aromatic rings. The molecule has 2 heterocycles. The lowest BCUT2D eigenvalue weighted by atomic mass is 10.1. The minimum absolute atomic E-state index is 0.262. The quantitative estimate of drug-likeness (QED) is 0.926. The SMILES string of the molecule is CC(Nc1cccc(N2CCCC2)c1)c1cnn(C)c1. The first kappa shape index (κ1) is 13.0. The molecule has 1 saturated heterocycles. The molecular formula is C16H22N4. The highest BCUT2D eigenvalue weighted by Gasteiger charge is 2.13. The van der Waals surface area contributed by atoms with E-state index in [9.17, 15) is 0 Å². The van der Waals surface area contributed by atoms with E-state index in [1.807, 2.05) is 17.9 Å². The summed E-state index contributed by atoms with van der Waals surface area (Å²) in [6.45, 7) is 4.53. The topological polar surface area (TPSA) is 33.1 Å². The molecule has 20 heavy (non-hydrogen) atoms. The number of aromatic nitrogens is 2. The van der Waals surface area contributed by atoms with Crippen LogP contribution in [0.1, 0.15) is 31.4 Å². The zero-order chi connectivity index (χ0) is 13.9. The number of benzene rings is 1. The molecule has 4 heteroatoms. The molecular weight excluding hydrogens is 248 g/mol. The van der Waals surface area contributed by atoms with Crippen molar-refractivity contribution in [1.82, 2.24) is 9.78 Å². The number of nitrogens with zero attached hydrogens (tertiary/aromatic N) is 3. The highest BCUT2D eigenvalue weighted by Crippen LogP contribution is 2.25. The number of rotatable bonds is 4. The maximum Gasteiger partial charge on any atom is 0.0542 e. The molecule has 1 aliphatic heterocycles. The fraction of sp³-hybridized carbons (Fsp3) is 0.438. The van der Waals surface area contributed by atoms with Crippen LogP contribution in [0.15, 0.2) is 36.7 Å². The Morgan fingerprint density at radius 1 is 1.25 bits per heavy atom. The van der Waals surface area contributed by atoms with Crippen molar-refractivity contribution in [2.75, 3.05) is 23.3 Å². The van der Waals surface area contributed by atoms with Crippen LogP contribution in [0.25, 0.3) is 0 Å². The summed E-state index contributed by atoms with van der Waals surface area (Å²) < 4.78 is 1.84. The number of anilines is 2.